The van der Waals surface area contributed by atoms with E-state index < -0.39 is 0 Å². The van der Waals surface area contributed by atoms with Crippen molar-refractivity contribution in [3.05, 3.63) is 0 Å². The smallest absolute Gasteiger partial charge is 0.0675 e. The van der Waals surface area contributed by atoms with Gasteiger partial charge in [-0.25, -0.2) is 0 Å². The average Bonchev–Trinajstić information content (AvgIpc) is 3.14. The van der Waals surface area contributed by atoms with Gasteiger partial charge >= 0.3 is 0 Å². The number of hydrogen-bond donors (Lipinski definition) is 1. The summed E-state index contributed by atoms with van der Waals surface area (Å²) in [5, 5.41) is 0. The fourth-order valence-electron chi connectivity index (χ4n) is 3.55. The molecule has 1 saturated carbocycles. The summed E-state index contributed by atoms with van der Waals surface area (Å²) in [6.07, 6.45) is 5.57. The Kier molecular flexibility index (Phi) is 4.11. The minimum atomic E-state index is 0.256. The van der Waals surface area contributed by atoms with Crippen LogP contribution in [-0.4, -0.2) is 42.3 Å². The van der Waals surface area contributed by atoms with E-state index >= 15 is 0 Å². The molecule has 3 heteroatoms. The van der Waals surface area contributed by atoms with Gasteiger partial charge < -0.3 is 10.5 Å². The van der Waals surface area contributed by atoms with E-state index in [-0.39, 0.29) is 5.54 Å². The Bertz CT molecular complexity index is 255. The van der Waals surface area contributed by atoms with E-state index in [4.69, 9.17) is 10.5 Å². The van der Waals surface area contributed by atoms with Crippen molar-refractivity contribution in [1.82, 2.24) is 4.90 Å². The van der Waals surface area contributed by atoms with E-state index in [2.05, 4.69) is 25.7 Å². The summed E-state index contributed by atoms with van der Waals surface area (Å²) in [5.41, 5.74) is 6.45. The van der Waals surface area contributed by atoms with Crippen LogP contribution in [0.15, 0.2) is 0 Å². The van der Waals surface area contributed by atoms with Crippen LogP contribution in [0.1, 0.15) is 46.5 Å². The third-order valence-electron chi connectivity index (χ3n) is 4.55. The van der Waals surface area contributed by atoms with Crippen LogP contribution >= 0.6 is 0 Å². The van der Waals surface area contributed by atoms with Crippen LogP contribution in [0.25, 0.3) is 0 Å². The molecule has 2 fully saturated rings. The first-order chi connectivity index (χ1) is 8.14. The van der Waals surface area contributed by atoms with Crippen LogP contribution in [0.3, 0.4) is 0 Å². The molecule has 0 spiro atoms. The number of morpholine rings is 1. The first-order valence-electron chi connectivity index (χ1n) is 7.22. The monoisotopic (exact) mass is 240 g/mol. The Balaban J connectivity index is 2.17. The predicted octanol–water partition coefficient (Wildman–Crippen LogP) is 2.00. The lowest BCUT2D eigenvalue weighted by Gasteiger charge is -2.50. The lowest BCUT2D eigenvalue weighted by atomic mass is 9.84. The van der Waals surface area contributed by atoms with E-state index in [1.807, 2.05) is 0 Å². The van der Waals surface area contributed by atoms with Crippen molar-refractivity contribution in [3.63, 3.8) is 0 Å². The first-order valence-corrected chi connectivity index (χ1v) is 7.22. The molecule has 0 radical (unpaired) electrons. The Morgan fingerprint density at radius 2 is 2.06 bits per heavy atom. The van der Waals surface area contributed by atoms with Crippen molar-refractivity contribution in [3.8, 4) is 0 Å². The summed E-state index contributed by atoms with van der Waals surface area (Å²) in [7, 11) is 0. The van der Waals surface area contributed by atoms with E-state index in [1.165, 1.54) is 25.7 Å². The van der Waals surface area contributed by atoms with Crippen LogP contribution < -0.4 is 5.73 Å². The van der Waals surface area contributed by atoms with Crippen LogP contribution in [0, 0.1) is 5.92 Å². The van der Waals surface area contributed by atoms with E-state index in [0.717, 1.165) is 25.6 Å². The summed E-state index contributed by atoms with van der Waals surface area (Å²) in [5.74, 6) is 0.834. The molecule has 2 aliphatic rings. The van der Waals surface area contributed by atoms with E-state index in [9.17, 15) is 0 Å². The summed E-state index contributed by atoms with van der Waals surface area (Å²) < 4.78 is 5.76. The minimum Gasteiger partial charge on any atom is -0.376 e. The van der Waals surface area contributed by atoms with Crippen LogP contribution in [0.2, 0.25) is 0 Å². The van der Waals surface area contributed by atoms with Gasteiger partial charge in [0, 0.05) is 24.7 Å². The molecule has 3 nitrogen and oxygen atoms in total. The zero-order chi connectivity index (χ0) is 12.5. The van der Waals surface area contributed by atoms with Crippen molar-refractivity contribution in [2.75, 3.05) is 19.7 Å². The molecule has 1 aliphatic heterocycles. The van der Waals surface area contributed by atoms with Gasteiger partial charge in [0.15, 0.2) is 0 Å². The zero-order valence-corrected chi connectivity index (χ0v) is 11.6. The fourth-order valence-corrected chi connectivity index (χ4v) is 3.55. The van der Waals surface area contributed by atoms with E-state index in [1.54, 1.807) is 0 Å². The molecule has 2 rings (SSSR count). The van der Waals surface area contributed by atoms with Crippen molar-refractivity contribution in [2.24, 2.45) is 11.7 Å². The summed E-state index contributed by atoms with van der Waals surface area (Å²) in [6.45, 7) is 9.46. The highest BCUT2D eigenvalue weighted by atomic mass is 16.5. The fraction of sp³-hybridized carbons (Fsp3) is 1.00. The molecule has 0 aromatic carbocycles. The number of ether oxygens (including phenoxy) is 1. The first kappa shape index (κ1) is 13.3. The zero-order valence-electron chi connectivity index (χ0n) is 11.6. The highest BCUT2D eigenvalue weighted by Crippen LogP contribution is 2.46. The quantitative estimate of drug-likeness (QED) is 0.799. The van der Waals surface area contributed by atoms with Crippen LogP contribution in [-0.2, 0) is 4.74 Å². The molecule has 3 atom stereocenters. The number of nitrogens with zero attached hydrogens (tertiary/aromatic N) is 1. The lowest BCUT2D eigenvalue weighted by Crippen LogP contribution is -2.63. The molecule has 0 bridgehead atoms. The molecular weight excluding hydrogens is 212 g/mol. The van der Waals surface area contributed by atoms with Gasteiger partial charge in [-0.1, -0.05) is 13.3 Å². The van der Waals surface area contributed by atoms with E-state index in [0.29, 0.717) is 12.1 Å². The summed E-state index contributed by atoms with van der Waals surface area (Å²) in [6, 6.07) is 0.516. The van der Waals surface area contributed by atoms with Crippen molar-refractivity contribution in [1.29, 1.82) is 0 Å². The Labute approximate surface area is 106 Å². The number of nitrogens with two attached hydrogens (primary N) is 1. The molecule has 17 heavy (non-hydrogen) atoms. The third-order valence-corrected chi connectivity index (χ3v) is 4.55. The molecule has 1 saturated heterocycles. The van der Waals surface area contributed by atoms with Gasteiger partial charge in [-0.15, -0.1) is 0 Å². The molecule has 100 valence electrons. The molecule has 0 amide bonds. The Hall–Kier alpha value is -0.120. The number of hydrogen-bond acceptors (Lipinski definition) is 3. The van der Waals surface area contributed by atoms with Crippen molar-refractivity contribution in [2.45, 2.75) is 64.1 Å². The Morgan fingerprint density at radius 3 is 2.59 bits per heavy atom. The predicted molar refractivity (Wildman–Crippen MR) is 71.0 cm³/mol. The highest BCUT2D eigenvalue weighted by molar-refractivity contribution is 5.05. The molecule has 3 unspecified atom stereocenters. The summed E-state index contributed by atoms with van der Waals surface area (Å²) in [4.78, 5) is 2.67. The standard InChI is InChI=1S/C14H28N2O/c1-4-7-14(10-15,13-5-6-13)16-8-12(3)17-9-11(16)2/h11-13H,4-10,15H2,1-3H3. The maximum Gasteiger partial charge on any atom is 0.0675 e. The van der Waals surface area contributed by atoms with Crippen LogP contribution in [0.4, 0.5) is 0 Å². The maximum atomic E-state index is 6.19. The largest absolute Gasteiger partial charge is 0.376 e. The average molecular weight is 240 g/mol. The second kappa shape index (κ2) is 5.25. The van der Waals surface area contributed by atoms with Gasteiger partial charge in [0.25, 0.3) is 0 Å². The van der Waals surface area contributed by atoms with Gasteiger partial charge in [0.1, 0.15) is 0 Å². The maximum absolute atomic E-state index is 6.19. The van der Waals surface area contributed by atoms with Gasteiger partial charge in [0.2, 0.25) is 0 Å². The Morgan fingerprint density at radius 1 is 1.35 bits per heavy atom. The molecule has 0 aromatic heterocycles. The van der Waals surface area contributed by atoms with Gasteiger partial charge in [-0.05, 0) is 39.0 Å². The SMILES string of the molecule is CCCC(CN)(C1CC1)N1CC(C)OCC1C. The molecule has 2 N–H and O–H groups in total. The lowest BCUT2D eigenvalue weighted by molar-refractivity contribution is -0.101. The molecular formula is C14H28N2O. The van der Waals surface area contributed by atoms with Crippen molar-refractivity contribution >= 4 is 0 Å². The highest BCUT2D eigenvalue weighted by Gasteiger charge is 2.49. The summed E-state index contributed by atoms with van der Waals surface area (Å²) >= 11 is 0. The topological polar surface area (TPSA) is 38.5 Å². The molecule has 1 heterocycles. The minimum absolute atomic E-state index is 0.256. The van der Waals surface area contributed by atoms with Gasteiger partial charge in [0.05, 0.1) is 12.7 Å². The van der Waals surface area contributed by atoms with Crippen molar-refractivity contribution < 1.29 is 4.74 Å². The third kappa shape index (κ3) is 2.51. The normalized spacial score (nSPS) is 34.6. The number of rotatable bonds is 5. The van der Waals surface area contributed by atoms with Gasteiger partial charge in [-0.2, -0.15) is 0 Å². The molecule has 0 aromatic rings. The second-order valence-corrected chi connectivity index (χ2v) is 5.98. The second-order valence-electron chi connectivity index (χ2n) is 5.98. The molecule has 1 aliphatic carbocycles. The van der Waals surface area contributed by atoms with Crippen LogP contribution in [0.5, 0.6) is 0 Å². The van der Waals surface area contributed by atoms with Gasteiger partial charge in [-0.3, -0.25) is 4.90 Å².